The van der Waals surface area contributed by atoms with Gasteiger partial charge >= 0.3 is 0 Å². The zero-order valence-electron chi connectivity index (χ0n) is 17.2. The maximum Gasteiger partial charge on any atom is 0.251 e. The molecule has 3 rings (SSSR count). The van der Waals surface area contributed by atoms with Crippen molar-refractivity contribution in [2.24, 2.45) is 0 Å². The van der Waals surface area contributed by atoms with Crippen LogP contribution in [0.3, 0.4) is 0 Å². The number of aryl methyl sites for hydroxylation is 1. The summed E-state index contributed by atoms with van der Waals surface area (Å²) >= 11 is 0. The normalized spacial score (nSPS) is 10.5. The minimum absolute atomic E-state index is 0.0328. The molecule has 0 aliphatic carbocycles. The summed E-state index contributed by atoms with van der Waals surface area (Å²) in [6.45, 7) is 0.452. The Hall–Kier alpha value is -3.68. The van der Waals surface area contributed by atoms with Crippen molar-refractivity contribution in [1.29, 1.82) is 0 Å². The molecule has 156 valence electrons. The van der Waals surface area contributed by atoms with Crippen LogP contribution >= 0.6 is 0 Å². The van der Waals surface area contributed by atoms with Gasteiger partial charge in [-0.15, -0.1) is 0 Å². The molecule has 0 fully saturated rings. The summed E-state index contributed by atoms with van der Waals surface area (Å²) in [5.41, 5.74) is 2.34. The molecule has 0 atom stereocenters. The van der Waals surface area contributed by atoms with Crippen LogP contribution in [0.15, 0.2) is 53.1 Å². The smallest absolute Gasteiger partial charge is 0.251 e. The SMILES string of the molecule is CNC(=O)c1ccc(CN(C)C(=O)CCc2nc(-c3ccc(OC)cc3)no2)cc1. The lowest BCUT2D eigenvalue weighted by Gasteiger charge is -2.17. The monoisotopic (exact) mass is 408 g/mol. The van der Waals surface area contributed by atoms with Gasteiger partial charge in [0, 0.05) is 44.6 Å². The van der Waals surface area contributed by atoms with E-state index in [9.17, 15) is 9.59 Å². The van der Waals surface area contributed by atoms with E-state index in [2.05, 4.69) is 15.5 Å². The Kier molecular flexibility index (Phi) is 6.79. The first-order valence-corrected chi connectivity index (χ1v) is 9.52. The van der Waals surface area contributed by atoms with Gasteiger partial charge in [0.05, 0.1) is 7.11 Å². The number of carbonyl (C=O) groups is 2. The number of aromatic nitrogens is 2. The van der Waals surface area contributed by atoms with E-state index in [4.69, 9.17) is 9.26 Å². The molecule has 1 heterocycles. The van der Waals surface area contributed by atoms with Crippen molar-refractivity contribution in [3.8, 4) is 17.1 Å². The van der Waals surface area contributed by atoms with Crippen LogP contribution in [0.2, 0.25) is 0 Å². The molecule has 0 aliphatic heterocycles. The topological polar surface area (TPSA) is 97.6 Å². The second kappa shape index (κ2) is 9.69. The van der Waals surface area contributed by atoms with Crippen molar-refractivity contribution < 1.29 is 18.8 Å². The van der Waals surface area contributed by atoms with Crippen molar-refractivity contribution in [3.63, 3.8) is 0 Å². The van der Waals surface area contributed by atoms with Crippen LogP contribution in [-0.4, -0.2) is 48.1 Å². The molecule has 2 aromatic carbocycles. The van der Waals surface area contributed by atoms with Crippen molar-refractivity contribution in [2.75, 3.05) is 21.2 Å². The fraction of sp³-hybridized carbons (Fsp3) is 0.273. The number of rotatable bonds is 8. The molecule has 0 bridgehead atoms. The van der Waals surface area contributed by atoms with E-state index in [1.54, 1.807) is 38.2 Å². The first kappa shape index (κ1) is 21.0. The molecule has 0 saturated heterocycles. The number of nitrogens with one attached hydrogen (secondary N) is 1. The molecule has 30 heavy (non-hydrogen) atoms. The Bertz CT molecular complexity index is 997. The number of benzene rings is 2. The van der Waals surface area contributed by atoms with Crippen LogP contribution in [0.1, 0.15) is 28.2 Å². The molecule has 0 aliphatic rings. The van der Waals surface area contributed by atoms with Gasteiger partial charge in [-0.3, -0.25) is 9.59 Å². The number of methoxy groups -OCH3 is 1. The van der Waals surface area contributed by atoms with Gasteiger partial charge in [0.25, 0.3) is 5.91 Å². The van der Waals surface area contributed by atoms with Crippen LogP contribution in [0.4, 0.5) is 0 Å². The van der Waals surface area contributed by atoms with Crippen LogP contribution in [0.5, 0.6) is 5.75 Å². The Balaban J connectivity index is 1.52. The molecule has 1 N–H and O–H groups in total. The fourth-order valence-corrected chi connectivity index (χ4v) is 2.89. The van der Waals surface area contributed by atoms with E-state index in [1.807, 2.05) is 36.4 Å². The van der Waals surface area contributed by atoms with Crippen LogP contribution in [-0.2, 0) is 17.8 Å². The summed E-state index contributed by atoms with van der Waals surface area (Å²) in [6.07, 6.45) is 0.624. The number of hydrogen-bond acceptors (Lipinski definition) is 6. The standard InChI is InChI=1S/C22H24N4O4/c1-23-22(28)17-6-4-15(5-7-17)14-26(2)20(27)13-12-19-24-21(25-30-19)16-8-10-18(29-3)11-9-16/h4-11H,12-14H2,1-3H3,(H,23,28). The van der Waals surface area contributed by atoms with Gasteiger partial charge in [0.2, 0.25) is 17.6 Å². The summed E-state index contributed by atoms with van der Waals surface area (Å²) < 4.78 is 10.4. The highest BCUT2D eigenvalue weighted by Gasteiger charge is 2.14. The molecule has 1 aromatic heterocycles. The predicted molar refractivity (Wildman–Crippen MR) is 111 cm³/mol. The summed E-state index contributed by atoms with van der Waals surface area (Å²) in [5.74, 6) is 1.47. The minimum Gasteiger partial charge on any atom is -0.497 e. The molecular formula is C22H24N4O4. The summed E-state index contributed by atoms with van der Waals surface area (Å²) in [7, 11) is 4.94. The molecule has 0 saturated carbocycles. The largest absolute Gasteiger partial charge is 0.497 e. The molecule has 8 heteroatoms. The lowest BCUT2D eigenvalue weighted by atomic mass is 10.1. The second-order valence-electron chi connectivity index (χ2n) is 6.77. The Labute approximate surface area is 174 Å². The molecular weight excluding hydrogens is 384 g/mol. The van der Waals surface area contributed by atoms with Crippen molar-refractivity contribution in [1.82, 2.24) is 20.4 Å². The summed E-state index contributed by atoms with van der Waals surface area (Å²) in [4.78, 5) is 30.0. The number of carbonyl (C=O) groups excluding carboxylic acids is 2. The summed E-state index contributed by atoms with van der Waals surface area (Å²) in [5, 5.41) is 6.56. The number of amides is 2. The highest BCUT2D eigenvalue weighted by atomic mass is 16.5. The lowest BCUT2D eigenvalue weighted by Crippen LogP contribution is -2.26. The maximum absolute atomic E-state index is 12.4. The van der Waals surface area contributed by atoms with E-state index in [-0.39, 0.29) is 18.2 Å². The van der Waals surface area contributed by atoms with Gasteiger partial charge in [-0.25, -0.2) is 0 Å². The van der Waals surface area contributed by atoms with Crippen molar-refractivity contribution in [2.45, 2.75) is 19.4 Å². The number of nitrogens with zero attached hydrogens (tertiary/aromatic N) is 3. The average Bonchev–Trinajstić information content (AvgIpc) is 3.26. The molecule has 0 spiro atoms. The fourth-order valence-electron chi connectivity index (χ4n) is 2.89. The first-order valence-electron chi connectivity index (χ1n) is 9.52. The van der Waals surface area contributed by atoms with E-state index in [1.165, 1.54) is 0 Å². The Morgan fingerprint density at radius 1 is 1.10 bits per heavy atom. The Morgan fingerprint density at radius 3 is 2.43 bits per heavy atom. The predicted octanol–water partition coefficient (Wildman–Crippen LogP) is 2.70. The number of ether oxygens (including phenoxy) is 1. The van der Waals surface area contributed by atoms with Crippen LogP contribution in [0, 0.1) is 0 Å². The third-order valence-corrected chi connectivity index (χ3v) is 4.66. The van der Waals surface area contributed by atoms with E-state index < -0.39 is 0 Å². The second-order valence-corrected chi connectivity index (χ2v) is 6.77. The molecule has 2 amide bonds. The van der Waals surface area contributed by atoms with Crippen LogP contribution in [0.25, 0.3) is 11.4 Å². The van der Waals surface area contributed by atoms with Gasteiger partial charge in [0.1, 0.15) is 5.75 Å². The number of hydrogen-bond donors (Lipinski definition) is 1. The van der Waals surface area contributed by atoms with Gasteiger partial charge in [0.15, 0.2) is 0 Å². The lowest BCUT2D eigenvalue weighted by molar-refractivity contribution is -0.130. The van der Waals surface area contributed by atoms with Crippen molar-refractivity contribution >= 4 is 11.8 Å². The molecule has 0 radical (unpaired) electrons. The first-order chi connectivity index (χ1) is 14.5. The van der Waals surface area contributed by atoms with Gasteiger partial charge in [-0.2, -0.15) is 4.98 Å². The molecule has 0 unspecified atom stereocenters. The highest BCUT2D eigenvalue weighted by Crippen LogP contribution is 2.20. The van der Waals surface area contributed by atoms with E-state index in [0.717, 1.165) is 16.9 Å². The molecule has 8 nitrogen and oxygen atoms in total. The average molecular weight is 408 g/mol. The zero-order valence-corrected chi connectivity index (χ0v) is 17.2. The summed E-state index contributed by atoms with van der Waals surface area (Å²) in [6, 6.07) is 14.5. The minimum atomic E-state index is -0.139. The third kappa shape index (κ3) is 5.22. The Morgan fingerprint density at radius 2 is 1.80 bits per heavy atom. The van der Waals surface area contributed by atoms with E-state index >= 15 is 0 Å². The van der Waals surface area contributed by atoms with Gasteiger partial charge in [-0.1, -0.05) is 17.3 Å². The zero-order chi connectivity index (χ0) is 21.5. The van der Waals surface area contributed by atoms with Gasteiger partial charge < -0.3 is 19.5 Å². The van der Waals surface area contributed by atoms with E-state index in [0.29, 0.717) is 30.2 Å². The van der Waals surface area contributed by atoms with Crippen molar-refractivity contribution in [3.05, 3.63) is 65.5 Å². The molecule has 3 aromatic rings. The van der Waals surface area contributed by atoms with Crippen LogP contribution < -0.4 is 10.1 Å². The third-order valence-electron chi connectivity index (χ3n) is 4.66. The van der Waals surface area contributed by atoms with Gasteiger partial charge in [-0.05, 0) is 42.0 Å². The maximum atomic E-state index is 12.4. The quantitative estimate of drug-likeness (QED) is 0.615. The highest BCUT2D eigenvalue weighted by molar-refractivity contribution is 5.93.